The Bertz CT molecular complexity index is 518. The number of rotatable bonds is 3. The molecule has 1 aromatic rings. The lowest BCUT2D eigenvalue weighted by molar-refractivity contribution is -0.130. The first-order chi connectivity index (χ1) is 9.58. The van der Waals surface area contributed by atoms with E-state index in [4.69, 9.17) is 11.6 Å². The summed E-state index contributed by atoms with van der Waals surface area (Å²) >= 11 is 5.61. The molecule has 0 atom stereocenters. The first kappa shape index (κ1) is 14.7. The van der Waals surface area contributed by atoms with E-state index in [0.29, 0.717) is 13.1 Å². The zero-order valence-electron chi connectivity index (χ0n) is 10.8. The summed E-state index contributed by atoms with van der Waals surface area (Å²) in [6.45, 7) is 2.58. The summed E-state index contributed by atoms with van der Waals surface area (Å²) in [6.07, 6.45) is 0. The average Bonchev–Trinajstić information content (AvgIpc) is 2.45. The van der Waals surface area contributed by atoms with Crippen molar-refractivity contribution in [1.29, 1.82) is 0 Å². The Balaban J connectivity index is 1.89. The highest BCUT2D eigenvalue weighted by molar-refractivity contribution is 6.30. The van der Waals surface area contributed by atoms with Gasteiger partial charge >= 0.3 is 0 Å². The van der Waals surface area contributed by atoms with Gasteiger partial charge in [0.2, 0.25) is 5.91 Å². The highest BCUT2D eigenvalue weighted by atomic mass is 35.5. The molecule has 0 aromatic heterocycles. The molecule has 1 aliphatic rings. The summed E-state index contributed by atoms with van der Waals surface area (Å²) in [6, 6.07) is 3.79. The van der Waals surface area contributed by atoms with E-state index < -0.39 is 11.7 Å². The molecule has 0 spiro atoms. The maximum absolute atomic E-state index is 13.5. The van der Waals surface area contributed by atoms with Gasteiger partial charge in [-0.3, -0.25) is 9.59 Å². The first-order valence-electron chi connectivity index (χ1n) is 6.29. The Kier molecular flexibility index (Phi) is 4.92. The fraction of sp³-hybridized carbons (Fsp3) is 0.385. The predicted octanol–water partition coefficient (Wildman–Crippen LogP) is 0.641. The van der Waals surface area contributed by atoms with Crippen molar-refractivity contribution in [3.8, 4) is 0 Å². The summed E-state index contributed by atoms with van der Waals surface area (Å²) in [5, 5.41) is 5.77. The number of amides is 2. The van der Waals surface area contributed by atoms with Crippen LogP contribution in [-0.2, 0) is 4.79 Å². The van der Waals surface area contributed by atoms with Gasteiger partial charge in [-0.25, -0.2) is 4.39 Å². The summed E-state index contributed by atoms with van der Waals surface area (Å²) < 4.78 is 13.5. The molecular weight excluding hydrogens is 285 g/mol. The Morgan fingerprint density at radius 3 is 2.70 bits per heavy atom. The van der Waals surface area contributed by atoms with Crippen molar-refractivity contribution in [2.45, 2.75) is 0 Å². The van der Waals surface area contributed by atoms with E-state index in [1.807, 2.05) is 0 Å². The molecule has 2 amide bonds. The van der Waals surface area contributed by atoms with Crippen LogP contribution < -0.4 is 10.6 Å². The van der Waals surface area contributed by atoms with Gasteiger partial charge in [-0.15, -0.1) is 0 Å². The topological polar surface area (TPSA) is 61.4 Å². The van der Waals surface area contributed by atoms with Gasteiger partial charge in [0.15, 0.2) is 0 Å². The highest BCUT2D eigenvalue weighted by Gasteiger charge is 2.18. The number of carbonyl (C=O) groups is 2. The third kappa shape index (κ3) is 3.68. The van der Waals surface area contributed by atoms with Crippen LogP contribution in [0.4, 0.5) is 4.39 Å². The predicted molar refractivity (Wildman–Crippen MR) is 73.2 cm³/mol. The van der Waals surface area contributed by atoms with Crippen LogP contribution in [0, 0.1) is 5.82 Å². The zero-order valence-corrected chi connectivity index (χ0v) is 11.5. The Labute approximate surface area is 121 Å². The molecule has 1 aromatic carbocycles. The first-order valence-corrected chi connectivity index (χ1v) is 6.67. The zero-order chi connectivity index (χ0) is 14.5. The lowest BCUT2D eigenvalue weighted by Gasteiger charge is -2.27. The van der Waals surface area contributed by atoms with E-state index in [2.05, 4.69) is 10.6 Å². The number of nitrogens with zero attached hydrogens (tertiary/aromatic N) is 1. The fourth-order valence-corrected chi connectivity index (χ4v) is 2.11. The van der Waals surface area contributed by atoms with Crippen molar-refractivity contribution in [3.05, 3.63) is 34.6 Å². The summed E-state index contributed by atoms with van der Waals surface area (Å²) in [5.41, 5.74) is -0.123. The van der Waals surface area contributed by atoms with Crippen molar-refractivity contribution < 1.29 is 14.0 Å². The van der Waals surface area contributed by atoms with Crippen molar-refractivity contribution >= 4 is 23.4 Å². The van der Waals surface area contributed by atoms with E-state index in [0.717, 1.165) is 19.2 Å². The van der Waals surface area contributed by atoms with Crippen LogP contribution in [0.5, 0.6) is 0 Å². The Morgan fingerprint density at radius 2 is 2.05 bits per heavy atom. The summed E-state index contributed by atoms with van der Waals surface area (Å²) in [4.78, 5) is 25.3. The van der Waals surface area contributed by atoms with E-state index >= 15 is 0 Å². The molecule has 7 heteroatoms. The number of halogens is 2. The van der Waals surface area contributed by atoms with Gasteiger partial charge in [0.1, 0.15) is 5.82 Å². The number of nitrogens with one attached hydrogen (secondary N) is 2. The van der Waals surface area contributed by atoms with Crippen molar-refractivity contribution in [2.24, 2.45) is 0 Å². The third-order valence-electron chi connectivity index (χ3n) is 3.05. The fourth-order valence-electron chi connectivity index (χ4n) is 1.95. The molecule has 1 fully saturated rings. The van der Waals surface area contributed by atoms with Crippen LogP contribution in [0.25, 0.3) is 0 Å². The molecule has 1 aliphatic heterocycles. The molecule has 0 aliphatic carbocycles. The number of hydrogen-bond donors (Lipinski definition) is 2. The Morgan fingerprint density at radius 1 is 1.35 bits per heavy atom. The van der Waals surface area contributed by atoms with Gasteiger partial charge in [-0.2, -0.15) is 0 Å². The number of hydrogen-bond acceptors (Lipinski definition) is 3. The van der Waals surface area contributed by atoms with Crippen LogP contribution in [0.3, 0.4) is 0 Å². The van der Waals surface area contributed by atoms with E-state index in [-0.39, 0.29) is 23.0 Å². The maximum atomic E-state index is 13.5. The van der Waals surface area contributed by atoms with Crippen molar-refractivity contribution in [2.75, 3.05) is 32.7 Å². The largest absolute Gasteiger partial charge is 0.343 e. The van der Waals surface area contributed by atoms with Gasteiger partial charge in [-0.05, 0) is 18.2 Å². The molecule has 2 rings (SSSR count). The normalized spacial score (nSPS) is 15.0. The van der Waals surface area contributed by atoms with Gasteiger partial charge in [0.05, 0.1) is 12.1 Å². The molecule has 0 bridgehead atoms. The van der Waals surface area contributed by atoms with E-state index in [1.54, 1.807) is 4.90 Å². The second-order valence-corrected chi connectivity index (χ2v) is 4.87. The van der Waals surface area contributed by atoms with E-state index in [9.17, 15) is 14.0 Å². The molecule has 0 radical (unpaired) electrons. The van der Waals surface area contributed by atoms with Crippen LogP contribution >= 0.6 is 11.6 Å². The van der Waals surface area contributed by atoms with Gasteiger partial charge in [-0.1, -0.05) is 11.6 Å². The van der Waals surface area contributed by atoms with E-state index in [1.165, 1.54) is 12.1 Å². The summed E-state index contributed by atoms with van der Waals surface area (Å²) in [5.74, 6) is -1.50. The standard InChI is InChI=1S/C13H15ClFN3O2/c14-9-1-2-10(11(15)7-9)13(20)17-8-12(19)18-5-3-16-4-6-18/h1-2,7,16H,3-6,8H2,(H,17,20). The van der Waals surface area contributed by atoms with Gasteiger partial charge in [0.25, 0.3) is 5.91 Å². The van der Waals surface area contributed by atoms with Gasteiger partial charge < -0.3 is 15.5 Å². The number of carbonyl (C=O) groups excluding carboxylic acids is 2. The molecule has 1 saturated heterocycles. The van der Waals surface area contributed by atoms with Crippen molar-refractivity contribution in [3.63, 3.8) is 0 Å². The minimum atomic E-state index is -0.704. The number of piperazine rings is 1. The van der Waals surface area contributed by atoms with Crippen LogP contribution in [0.15, 0.2) is 18.2 Å². The molecule has 108 valence electrons. The van der Waals surface area contributed by atoms with Crippen LogP contribution in [0.2, 0.25) is 5.02 Å². The molecule has 2 N–H and O–H groups in total. The third-order valence-corrected chi connectivity index (χ3v) is 3.28. The quantitative estimate of drug-likeness (QED) is 0.861. The molecule has 20 heavy (non-hydrogen) atoms. The van der Waals surface area contributed by atoms with Crippen LogP contribution in [-0.4, -0.2) is 49.4 Å². The lowest BCUT2D eigenvalue weighted by atomic mass is 10.2. The minimum absolute atomic E-state index is 0.123. The molecular formula is C13H15ClFN3O2. The molecule has 0 saturated carbocycles. The van der Waals surface area contributed by atoms with Gasteiger partial charge in [0, 0.05) is 31.2 Å². The lowest BCUT2D eigenvalue weighted by Crippen LogP contribution is -2.49. The monoisotopic (exact) mass is 299 g/mol. The Hall–Kier alpha value is -1.66. The second-order valence-electron chi connectivity index (χ2n) is 4.44. The summed E-state index contributed by atoms with van der Waals surface area (Å²) in [7, 11) is 0. The average molecular weight is 300 g/mol. The SMILES string of the molecule is O=C(NCC(=O)N1CCNCC1)c1ccc(Cl)cc1F. The molecule has 5 nitrogen and oxygen atoms in total. The molecule has 1 heterocycles. The maximum Gasteiger partial charge on any atom is 0.254 e. The second kappa shape index (κ2) is 6.67. The highest BCUT2D eigenvalue weighted by Crippen LogP contribution is 2.14. The smallest absolute Gasteiger partial charge is 0.254 e. The van der Waals surface area contributed by atoms with Crippen LogP contribution in [0.1, 0.15) is 10.4 Å². The minimum Gasteiger partial charge on any atom is -0.343 e. The molecule has 0 unspecified atom stereocenters. The van der Waals surface area contributed by atoms with Crippen molar-refractivity contribution in [1.82, 2.24) is 15.5 Å². The number of benzene rings is 1.